The van der Waals surface area contributed by atoms with Crippen molar-refractivity contribution in [1.82, 2.24) is 20.1 Å². The van der Waals surface area contributed by atoms with Crippen molar-refractivity contribution in [2.75, 3.05) is 38.5 Å². The fraction of sp³-hybridized carbons (Fsp3) is 0.875. The number of hydroxylamine groups is 2. The van der Waals surface area contributed by atoms with Gasteiger partial charge >= 0.3 is 6.03 Å². The topological polar surface area (TPSA) is 155 Å². The molecule has 2 aliphatic rings. The number of carbonyl (C=O) groups is 1. The van der Waals surface area contributed by atoms with Crippen molar-refractivity contribution < 1.29 is 31.1 Å². The normalized spacial score (nSPS) is 19.8. The molecule has 0 saturated carbocycles. The third-order valence-electron chi connectivity index (χ3n) is 7.18. The van der Waals surface area contributed by atoms with Crippen LogP contribution in [-0.4, -0.2) is 82.4 Å². The first-order valence-electron chi connectivity index (χ1n) is 13.8. The smallest absolute Gasteiger partial charge is 0.346 e. The molecule has 2 N–H and O–H groups in total. The Morgan fingerprint density at radius 3 is 1.92 bits per heavy atom. The minimum absolute atomic E-state index is 0.0518. The molecule has 13 heteroatoms. The summed E-state index contributed by atoms with van der Waals surface area (Å²) in [6.07, 6.45) is 12.0. The third-order valence-corrected chi connectivity index (χ3v) is 7.52. The van der Waals surface area contributed by atoms with Crippen LogP contribution in [0.4, 0.5) is 10.7 Å². The maximum atomic E-state index is 12.1. The quantitative estimate of drug-likeness (QED) is 0.195. The van der Waals surface area contributed by atoms with Gasteiger partial charge in [-0.2, -0.15) is 14.3 Å². The molecule has 2 aliphatic heterocycles. The predicted octanol–water partition coefficient (Wildman–Crippen LogP) is 3.99. The summed E-state index contributed by atoms with van der Waals surface area (Å²) in [5.41, 5.74) is 5.35. The first-order chi connectivity index (χ1) is 17.6. The number of hydrogen-bond donors (Lipinski definition) is 1. The number of rotatable bonds is 15. The number of quaternary nitrogens is 1. The van der Waals surface area contributed by atoms with E-state index >= 15 is 0 Å². The Morgan fingerprint density at radius 2 is 1.51 bits per heavy atom. The highest BCUT2D eigenvalue weighted by Gasteiger charge is 2.48. The summed E-state index contributed by atoms with van der Waals surface area (Å²) in [4.78, 5) is 17.2. The maximum Gasteiger partial charge on any atom is 0.346 e. The molecule has 1 aromatic rings. The van der Waals surface area contributed by atoms with Gasteiger partial charge in [-0.1, -0.05) is 53.4 Å². The Bertz CT molecular complexity index is 889. The zero-order chi connectivity index (χ0) is 27.5. The summed E-state index contributed by atoms with van der Waals surface area (Å²) in [5, 5.41) is 4.03. The summed E-state index contributed by atoms with van der Waals surface area (Å²) in [6.45, 7) is 15.2. The maximum absolute atomic E-state index is 12.1. The van der Waals surface area contributed by atoms with Gasteiger partial charge in [-0.25, -0.2) is 13.2 Å². The summed E-state index contributed by atoms with van der Waals surface area (Å²) >= 11 is 0. The van der Waals surface area contributed by atoms with Gasteiger partial charge in [0, 0.05) is 6.54 Å². The highest BCUT2D eigenvalue weighted by atomic mass is 32.3. The number of nitrogen functional groups attached to an aromatic ring is 1. The van der Waals surface area contributed by atoms with E-state index in [0.717, 1.165) is 0 Å². The van der Waals surface area contributed by atoms with E-state index in [4.69, 9.17) is 10.3 Å². The molecule has 2 saturated heterocycles. The van der Waals surface area contributed by atoms with Crippen molar-refractivity contribution in [2.45, 2.75) is 104 Å². The van der Waals surface area contributed by atoms with E-state index in [2.05, 4.69) is 42.1 Å². The number of piperidine rings is 1. The van der Waals surface area contributed by atoms with Crippen LogP contribution in [0.2, 0.25) is 0 Å². The standard InChI is InChI=1S/C16H36N.C8H11N5O6S/c1-5-9-13-17(14-10-6-2,15-11-7-3)16-12-8-4;9-7-10-6(18-11-7)5-2-1-4-3-12(5)8(14)13(4)19-20(15,16)17/h5-16H2,1-4H3;4-5H,1-3H2,(H2,9,11)(H,15,16,17)/q+1;/p-1/t;4-,5+/m.1/s1. The molecule has 2 fully saturated rings. The SMILES string of the molecule is CCCC[N+](CCCC)(CCCC)CCCC.Nc1noc([C@@H]2CC[C@@H]3CN2C(=O)N3OS(=O)(=O)[O-])n1. The summed E-state index contributed by atoms with van der Waals surface area (Å²) in [5.74, 6) is 0.116. The first-order valence-corrected chi connectivity index (χ1v) is 15.1. The number of carbonyl (C=O) groups excluding carboxylic acids is 1. The molecule has 214 valence electrons. The number of fused-ring (bicyclic) bond motifs is 2. The molecule has 2 atom stereocenters. The number of urea groups is 1. The van der Waals surface area contributed by atoms with Crippen LogP contribution in [0.3, 0.4) is 0 Å². The molecular formula is C24H46N6O6S. The number of nitrogens with two attached hydrogens (primary N) is 1. The van der Waals surface area contributed by atoms with E-state index in [9.17, 15) is 17.8 Å². The second kappa shape index (κ2) is 14.8. The molecule has 0 unspecified atom stereocenters. The molecule has 0 aliphatic carbocycles. The van der Waals surface area contributed by atoms with Crippen molar-refractivity contribution in [3.8, 4) is 0 Å². The number of nitrogens with zero attached hydrogens (tertiary/aromatic N) is 5. The minimum atomic E-state index is -5.00. The van der Waals surface area contributed by atoms with Crippen LogP contribution in [0.5, 0.6) is 0 Å². The van der Waals surface area contributed by atoms with Crippen LogP contribution in [0.1, 0.15) is 104 Å². The van der Waals surface area contributed by atoms with Gasteiger partial charge in [0.15, 0.2) is 0 Å². The van der Waals surface area contributed by atoms with Crippen LogP contribution in [0, 0.1) is 0 Å². The van der Waals surface area contributed by atoms with Crippen molar-refractivity contribution >= 4 is 22.4 Å². The van der Waals surface area contributed by atoms with E-state index in [1.807, 2.05) is 0 Å². The van der Waals surface area contributed by atoms with E-state index in [1.54, 1.807) is 0 Å². The van der Waals surface area contributed by atoms with E-state index in [-0.39, 0.29) is 18.4 Å². The fourth-order valence-electron chi connectivity index (χ4n) is 5.11. The molecule has 3 heterocycles. The summed E-state index contributed by atoms with van der Waals surface area (Å²) < 4.78 is 42.4. The fourth-order valence-corrected chi connectivity index (χ4v) is 5.49. The van der Waals surface area contributed by atoms with Crippen molar-refractivity contribution in [3.05, 3.63) is 5.89 Å². The van der Waals surface area contributed by atoms with Crippen molar-refractivity contribution in [3.63, 3.8) is 0 Å². The highest BCUT2D eigenvalue weighted by molar-refractivity contribution is 7.80. The third kappa shape index (κ3) is 9.38. The number of amides is 2. The molecule has 2 bridgehead atoms. The zero-order valence-electron chi connectivity index (χ0n) is 22.9. The lowest BCUT2D eigenvalue weighted by atomic mass is 10.0. The predicted molar refractivity (Wildman–Crippen MR) is 139 cm³/mol. The Hall–Kier alpha value is -1.96. The molecule has 12 nitrogen and oxygen atoms in total. The van der Waals surface area contributed by atoms with E-state index < -0.39 is 28.5 Å². The van der Waals surface area contributed by atoms with Crippen LogP contribution in [-0.2, 0) is 14.7 Å². The van der Waals surface area contributed by atoms with Gasteiger partial charge in [0.1, 0.15) is 6.04 Å². The van der Waals surface area contributed by atoms with Crippen LogP contribution in [0.25, 0.3) is 0 Å². The number of anilines is 1. The Morgan fingerprint density at radius 1 is 1.00 bits per heavy atom. The van der Waals surface area contributed by atoms with Crippen LogP contribution < -0.4 is 5.73 Å². The van der Waals surface area contributed by atoms with Crippen LogP contribution in [0.15, 0.2) is 4.52 Å². The lowest BCUT2D eigenvalue weighted by molar-refractivity contribution is -0.929. The summed E-state index contributed by atoms with van der Waals surface area (Å²) in [7, 11) is -5.00. The van der Waals surface area contributed by atoms with Gasteiger partial charge in [0.25, 0.3) is 11.8 Å². The average Bonchev–Trinajstić information content (AvgIpc) is 3.40. The van der Waals surface area contributed by atoms with Crippen LogP contribution >= 0.6 is 0 Å². The molecule has 1 aromatic heterocycles. The van der Waals surface area contributed by atoms with Gasteiger partial charge in [-0.15, -0.1) is 0 Å². The Balaban J connectivity index is 0.000000265. The first kappa shape index (κ1) is 31.3. The van der Waals surface area contributed by atoms with E-state index in [1.165, 1.54) is 86.9 Å². The Kier molecular flexibility index (Phi) is 12.5. The average molecular weight is 547 g/mol. The molecular weight excluding hydrogens is 500 g/mol. The molecule has 37 heavy (non-hydrogen) atoms. The lowest BCUT2D eigenvalue weighted by Gasteiger charge is -2.39. The number of aromatic nitrogens is 2. The molecule has 0 radical (unpaired) electrons. The highest BCUT2D eigenvalue weighted by Crippen LogP contribution is 2.38. The Labute approximate surface area is 222 Å². The number of hydrogen-bond acceptors (Lipinski definition) is 9. The lowest BCUT2D eigenvalue weighted by Crippen LogP contribution is -2.50. The second-order valence-electron chi connectivity index (χ2n) is 10.1. The van der Waals surface area contributed by atoms with Gasteiger partial charge in [0.05, 0.1) is 32.2 Å². The molecule has 3 rings (SSSR count). The minimum Gasteiger partial charge on any atom is -0.724 e. The monoisotopic (exact) mass is 546 g/mol. The molecule has 2 amide bonds. The molecule has 0 spiro atoms. The zero-order valence-corrected chi connectivity index (χ0v) is 23.7. The van der Waals surface area contributed by atoms with E-state index in [0.29, 0.717) is 17.9 Å². The number of unbranched alkanes of at least 4 members (excludes halogenated alkanes) is 4. The van der Waals surface area contributed by atoms with Gasteiger partial charge in [-0.3, -0.25) is 0 Å². The second-order valence-corrected chi connectivity index (χ2v) is 11.1. The van der Waals surface area contributed by atoms with Gasteiger partial charge in [0.2, 0.25) is 10.4 Å². The van der Waals surface area contributed by atoms with Crippen molar-refractivity contribution in [2.24, 2.45) is 0 Å². The molecule has 0 aromatic carbocycles. The van der Waals surface area contributed by atoms with Crippen molar-refractivity contribution in [1.29, 1.82) is 0 Å². The largest absolute Gasteiger partial charge is 0.724 e. The van der Waals surface area contributed by atoms with Gasteiger partial charge < -0.3 is 24.2 Å². The van der Waals surface area contributed by atoms with Gasteiger partial charge in [-0.05, 0) is 43.7 Å². The summed E-state index contributed by atoms with van der Waals surface area (Å²) in [6, 6.07) is -1.73.